The number of carboxylic acids is 1. The summed E-state index contributed by atoms with van der Waals surface area (Å²) < 4.78 is 16.4. The van der Waals surface area contributed by atoms with E-state index in [-0.39, 0.29) is 5.56 Å². The topological polar surface area (TPSA) is 85.2 Å². The fourth-order valence-electron chi connectivity index (χ4n) is 3.46. The van der Waals surface area contributed by atoms with E-state index >= 15 is 0 Å². The van der Waals surface area contributed by atoms with Crippen LogP contribution < -0.4 is 14.2 Å². The summed E-state index contributed by atoms with van der Waals surface area (Å²) in [5.41, 5.74) is 2.77. The van der Waals surface area contributed by atoms with E-state index in [4.69, 9.17) is 14.2 Å². The van der Waals surface area contributed by atoms with Crippen molar-refractivity contribution in [3.05, 3.63) is 41.0 Å². The van der Waals surface area contributed by atoms with E-state index in [1.807, 2.05) is 6.07 Å². The Balaban J connectivity index is 2.41. The highest BCUT2D eigenvalue weighted by Gasteiger charge is 2.30. The Bertz CT molecular complexity index is 827. The quantitative estimate of drug-likeness (QED) is 0.887. The van der Waals surface area contributed by atoms with Crippen molar-refractivity contribution < 1.29 is 29.2 Å². The van der Waals surface area contributed by atoms with Gasteiger partial charge in [-0.25, -0.2) is 4.79 Å². The van der Waals surface area contributed by atoms with Crippen LogP contribution in [0.1, 0.15) is 34.0 Å². The minimum Gasteiger partial charge on any atom is -0.493 e. The van der Waals surface area contributed by atoms with Gasteiger partial charge in [-0.15, -0.1) is 0 Å². The number of aryl methyl sites for hydroxylation is 1. The molecular formula is C19H20O6. The van der Waals surface area contributed by atoms with Gasteiger partial charge in [-0.2, -0.15) is 0 Å². The third kappa shape index (κ3) is 2.68. The highest BCUT2D eigenvalue weighted by molar-refractivity contribution is 5.94. The Morgan fingerprint density at radius 3 is 2.44 bits per heavy atom. The molecule has 1 aliphatic carbocycles. The van der Waals surface area contributed by atoms with Crippen molar-refractivity contribution in [1.29, 1.82) is 0 Å². The Hall–Kier alpha value is -2.73. The second-order valence-electron chi connectivity index (χ2n) is 5.81. The summed E-state index contributed by atoms with van der Waals surface area (Å²) in [6.45, 7) is 0. The minimum atomic E-state index is -1.07. The molecule has 6 nitrogen and oxygen atoms in total. The van der Waals surface area contributed by atoms with Crippen LogP contribution in [0.25, 0.3) is 11.1 Å². The van der Waals surface area contributed by atoms with Crippen molar-refractivity contribution in [2.45, 2.75) is 18.9 Å². The summed E-state index contributed by atoms with van der Waals surface area (Å²) in [5, 5.41) is 20.1. The van der Waals surface area contributed by atoms with Crippen LogP contribution in [-0.4, -0.2) is 37.5 Å². The average molecular weight is 344 g/mol. The maximum Gasteiger partial charge on any atom is 0.336 e. The molecule has 6 heteroatoms. The summed E-state index contributed by atoms with van der Waals surface area (Å²) in [6, 6.07) is 6.82. The Labute approximate surface area is 145 Å². The second kappa shape index (κ2) is 6.64. The van der Waals surface area contributed by atoms with Crippen LogP contribution in [0.4, 0.5) is 0 Å². The molecule has 0 fully saturated rings. The van der Waals surface area contributed by atoms with Crippen LogP contribution in [0, 0.1) is 0 Å². The number of carboxylic acid groups (broad SMARTS) is 1. The molecule has 2 aromatic rings. The lowest BCUT2D eigenvalue weighted by Gasteiger charge is -2.20. The molecule has 0 heterocycles. The van der Waals surface area contributed by atoms with Gasteiger partial charge in [0.1, 0.15) is 0 Å². The summed E-state index contributed by atoms with van der Waals surface area (Å²) in [5.74, 6) is 0.366. The third-order valence-corrected chi connectivity index (χ3v) is 4.54. The van der Waals surface area contributed by atoms with Crippen LogP contribution in [0.15, 0.2) is 24.3 Å². The Kier molecular flexibility index (Phi) is 4.55. The number of aliphatic hydroxyl groups excluding tert-OH is 1. The first-order chi connectivity index (χ1) is 12.0. The largest absolute Gasteiger partial charge is 0.493 e. The summed E-state index contributed by atoms with van der Waals surface area (Å²) in [4.78, 5) is 11.6. The first-order valence-electron chi connectivity index (χ1n) is 7.89. The SMILES string of the molecule is COc1cc2c(c(OC)c1OC)-c1cccc(C(=O)O)c1C(O)CC2. The van der Waals surface area contributed by atoms with Crippen LogP contribution in [0.2, 0.25) is 0 Å². The zero-order valence-electron chi connectivity index (χ0n) is 14.3. The van der Waals surface area contributed by atoms with Gasteiger partial charge in [0.15, 0.2) is 11.5 Å². The molecule has 1 atom stereocenters. The number of hydrogen-bond acceptors (Lipinski definition) is 5. The van der Waals surface area contributed by atoms with E-state index in [2.05, 4.69) is 0 Å². The standard InChI is InChI=1S/C19H20O6/c1-23-14-9-10-7-8-13(20)16-11(5-4-6-12(16)19(21)22)15(10)18(25-3)17(14)24-2/h4-6,9,13,20H,7-8H2,1-3H3,(H,21,22). The van der Waals surface area contributed by atoms with Gasteiger partial charge < -0.3 is 24.4 Å². The maximum absolute atomic E-state index is 11.6. The molecule has 1 aliphatic rings. The predicted octanol–water partition coefficient (Wildman–Crippen LogP) is 3.06. The first kappa shape index (κ1) is 17.1. The van der Waals surface area contributed by atoms with Gasteiger partial charge in [0.05, 0.1) is 33.0 Å². The highest BCUT2D eigenvalue weighted by atomic mass is 16.5. The van der Waals surface area contributed by atoms with Crippen LogP contribution in [0.5, 0.6) is 17.2 Å². The van der Waals surface area contributed by atoms with Crippen LogP contribution in [-0.2, 0) is 6.42 Å². The number of hydrogen-bond donors (Lipinski definition) is 2. The van der Waals surface area contributed by atoms with Gasteiger partial charge in [-0.3, -0.25) is 0 Å². The van der Waals surface area contributed by atoms with Crippen LogP contribution >= 0.6 is 0 Å². The normalized spacial score (nSPS) is 15.6. The van der Waals surface area contributed by atoms with Gasteiger partial charge in [0.2, 0.25) is 5.75 Å². The summed E-state index contributed by atoms with van der Waals surface area (Å²) in [7, 11) is 4.60. The van der Waals surface area contributed by atoms with Crippen molar-refractivity contribution in [2.24, 2.45) is 0 Å². The smallest absolute Gasteiger partial charge is 0.336 e. The molecular weight excluding hydrogens is 324 g/mol. The molecule has 0 bridgehead atoms. The molecule has 0 saturated carbocycles. The Morgan fingerprint density at radius 2 is 1.84 bits per heavy atom. The zero-order chi connectivity index (χ0) is 18.1. The van der Waals surface area contributed by atoms with Gasteiger partial charge >= 0.3 is 5.97 Å². The van der Waals surface area contributed by atoms with E-state index in [1.165, 1.54) is 20.3 Å². The third-order valence-electron chi connectivity index (χ3n) is 4.54. The number of carbonyl (C=O) groups is 1. The van der Waals surface area contributed by atoms with Crippen molar-refractivity contribution in [3.8, 4) is 28.4 Å². The van der Waals surface area contributed by atoms with E-state index in [1.54, 1.807) is 19.2 Å². The molecule has 0 spiro atoms. The van der Waals surface area contributed by atoms with Crippen molar-refractivity contribution in [3.63, 3.8) is 0 Å². The van der Waals surface area contributed by atoms with Gasteiger partial charge in [-0.05, 0) is 36.1 Å². The molecule has 0 radical (unpaired) electrons. The highest BCUT2D eigenvalue weighted by Crippen LogP contribution is 2.50. The molecule has 2 aromatic carbocycles. The summed E-state index contributed by atoms with van der Waals surface area (Å²) in [6.07, 6.45) is 0.0838. The number of ether oxygens (including phenoxy) is 3. The van der Waals surface area contributed by atoms with E-state index < -0.39 is 12.1 Å². The zero-order valence-corrected chi connectivity index (χ0v) is 14.3. The molecule has 0 aromatic heterocycles. The lowest BCUT2D eigenvalue weighted by atomic mass is 9.91. The van der Waals surface area contributed by atoms with Gasteiger partial charge in [0.25, 0.3) is 0 Å². The molecule has 2 N–H and O–H groups in total. The monoisotopic (exact) mass is 344 g/mol. The predicted molar refractivity (Wildman–Crippen MR) is 91.8 cm³/mol. The van der Waals surface area contributed by atoms with Gasteiger partial charge in [0, 0.05) is 11.1 Å². The second-order valence-corrected chi connectivity index (χ2v) is 5.81. The number of fused-ring (bicyclic) bond motifs is 3. The molecule has 132 valence electrons. The molecule has 25 heavy (non-hydrogen) atoms. The van der Waals surface area contributed by atoms with E-state index in [9.17, 15) is 15.0 Å². The maximum atomic E-state index is 11.6. The molecule has 0 saturated heterocycles. The molecule has 0 amide bonds. The van der Waals surface area contributed by atoms with Crippen LogP contribution in [0.3, 0.4) is 0 Å². The number of benzene rings is 2. The van der Waals surface area contributed by atoms with Crippen molar-refractivity contribution in [1.82, 2.24) is 0 Å². The van der Waals surface area contributed by atoms with Gasteiger partial charge in [-0.1, -0.05) is 12.1 Å². The van der Waals surface area contributed by atoms with Crippen molar-refractivity contribution >= 4 is 5.97 Å². The molecule has 3 rings (SSSR count). The number of methoxy groups -OCH3 is 3. The lowest BCUT2D eigenvalue weighted by molar-refractivity contribution is 0.0688. The van der Waals surface area contributed by atoms with Crippen molar-refractivity contribution in [2.75, 3.05) is 21.3 Å². The average Bonchev–Trinajstić information content (AvgIpc) is 2.76. The fraction of sp³-hybridized carbons (Fsp3) is 0.316. The molecule has 0 aliphatic heterocycles. The summed E-state index contributed by atoms with van der Waals surface area (Å²) >= 11 is 0. The number of rotatable bonds is 4. The first-order valence-corrected chi connectivity index (χ1v) is 7.89. The number of aliphatic hydroxyl groups is 1. The number of aromatic carboxylic acids is 1. The Morgan fingerprint density at radius 1 is 1.12 bits per heavy atom. The molecule has 1 unspecified atom stereocenters. The fourth-order valence-corrected chi connectivity index (χ4v) is 3.46. The van der Waals surface area contributed by atoms with E-state index in [0.29, 0.717) is 41.2 Å². The van der Waals surface area contributed by atoms with E-state index in [0.717, 1.165) is 11.1 Å². The minimum absolute atomic E-state index is 0.0923. The lowest BCUT2D eigenvalue weighted by Crippen LogP contribution is -2.08.